The fourth-order valence-corrected chi connectivity index (χ4v) is 3.01. The molecule has 1 atom stereocenters. The number of amides is 3. The van der Waals surface area contributed by atoms with Gasteiger partial charge in [-0.15, -0.1) is 0 Å². The summed E-state index contributed by atoms with van der Waals surface area (Å²) in [6, 6.07) is 7.04. The molecule has 1 fully saturated rings. The van der Waals surface area contributed by atoms with Crippen molar-refractivity contribution in [1.29, 1.82) is 0 Å². The standard InChI is InChI=1S/C19H28N4O4/c1-14(21-19(27)20-9-5-8-18(25)26)12-17(24)22-15-6-4-7-16(13-15)23-10-2-3-11-23/h4,6-7,13-14H,2-3,5,8-12H2,1H3,(H,22,24)(H,25,26)(H2,20,21,27). The molecule has 1 aliphatic rings. The van der Waals surface area contributed by atoms with Gasteiger partial charge in [0.2, 0.25) is 5.91 Å². The van der Waals surface area contributed by atoms with Gasteiger partial charge in [-0.05, 0) is 44.4 Å². The summed E-state index contributed by atoms with van der Waals surface area (Å²) < 4.78 is 0. The number of benzene rings is 1. The van der Waals surface area contributed by atoms with E-state index in [0.717, 1.165) is 24.5 Å². The zero-order valence-electron chi connectivity index (χ0n) is 15.7. The zero-order valence-corrected chi connectivity index (χ0v) is 15.7. The topological polar surface area (TPSA) is 111 Å². The molecule has 27 heavy (non-hydrogen) atoms. The van der Waals surface area contributed by atoms with Gasteiger partial charge in [-0.3, -0.25) is 9.59 Å². The van der Waals surface area contributed by atoms with Crippen molar-refractivity contribution in [1.82, 2.24) is 10.6 Å². The molecule has 8 heteroatoms. The second-order valence-corrected chi connectivity index (χ2v) is 6.80. The summed E-state index contributed by atoms with van der Waals surface area (Å²) in [5, 5.41) is 16.7. The summed E-state index contributed by atoms with van der Waals surface area (Å²) in [5.41, 5.74) is 1.85. The van der Waals surface area contributed by atoms with Gasteiger partial charge in [-0.2, -0.15) is 0 Å². The zero-order chi connectivity index (χ0) is 19.6. The number of hydrogen-bond acceptors (Lipinski definition) is 4. The lowest BCUT2D eigenvalue weighted by Crippen LogP contribution is -2.42. The third kappa shape index (κ3) is 7.55. The molecule has 8 nitrogen and oxygen atoms in total. The van der Waals surface area contributed by atoms with Crippen LogP contribution in [0.5, 0.6) is 0 Å². The second-order valence-electron chi connectivity index (χ2n) is 6.80. The maximum absolute atomic E-state index is 12.2. The number of carbonyl (C=O) groups excluding carboxylic acids is 2. The molecule has 0 spiro atoms. The minimum absolute atomic E-state index is 0.00866. The number of hydrogen-bond donors (Lipinski definition) is 4. The average Bonchev–Trinajstić information content (AvgIpc) is 3.13. The highest BCUT2D eigenvalue weighted by atomic mass is 16.4. The lowest BCUT2D eigenvalue weighted by Gasteiger charge is -2.19. The van der Waals surface area contributed by atoms with Gasteiger partial charge < -0.3 is 26.0 Å². The number of carboxylic acids is 1. The highest BCUT2D eigenvalue weighted by Crippen LogP contribution is 2.23. The molecule has 1 aromatic rings. The summed E-state index contributed by atoms with van der Waals surface area (Å²) in [6.07, 6.45) is 2.91. The Morgan fingerprint density at radius 2 is 1.96 bits per heavy atom. The first-order valence-corrected chi connectivity index (χ1v) is 9.35. The van der Waals surface area contributed by atoms with Crippen molar-refractivity contribution in [2.45, 2.75) is 45.1 Å². The van der Waals surface area contributed by atoms with Crippen LogP contribution in [0.2, 0.25) is 0 Å². The SMILES string of the molecule is CC(CC(=O)Nc1cccc(N2CCCC2)c1)NC(=O)NCCCC(=O)O. The van der Waals surface area contributed by atoms with Crippen LogP contribution in [0.15, 0.2) is 24.3 Å². The first kappa shape index (κ1) is 20.5. The number of aliphatic carboxylic acids is 1. The minimum atomic E-state index is -0.893. The van der Waals surface area contributed by atoms with E-state index in [-0.39, 0.29) is 31.3 Å². The minimum Gasteiger partial charge on any atom is -0.481 e. The van der Waals surface area contributed by atoms with E-state index in [1.165, 1.54) is 12.8 Å². The van der Waals surface area contributed by atoms with Crippen molar-refractivity contribution in [2.24, 2.45) is 0 Å². The van der Waals surface area contributed by atoms with E-state index in [9.17, 15) is 14.4 Å². The average molecular weight is 376 g/mol. The smallest absolute Gasteiger partial charge is 0.315 e. The molecule has 0 aromatic heterocycles. The maximum atomic E-state index is 12.2. The van der Waals surface area contributed by atoms with Crippen LogP contribution in [0.4, 0.5) is 16.2 Å². The van der Waals surface area contributed by atoms with Crippen LogP contribution in [-0.4, -0.2) is 48.7 Å². The number of anilines is 2. The number of carbonyl (C=O) groups is 3. The normalized spacial score (nSPS) is 14.5. The Bertz CT molecular complexity index is 659. The van der Waals surface area contributed by atoms with Crippen molar-refractivity contribution in [3.63, 3.8) is 0 Å². The van der Waals surface area contributed by atoms with Crippen molar-refractivity contribution in [2.75, 3.05) is 29.9 Å². The van der Waals surface area contributed by atoms with E-state index >= 15 is 0 Å². The quantitative estimate of drug-likeness (QED) is 0.494. The van der Waals surface area contributed by atoms with E-state index in [4.69, 9.17) is 5.11 Å². The monoisotopic (exact) mass is 376 g/mol. The van der Waals surface area contributed by atoms with Crippen molar-refractivity contribution in [3.05, 3.63) is 24.3 Å². The number of nitrogens with zero attached hydrogens (tertiary/aromatic N) is 1. The summed E-state index contributed by atoms with van der Waals surface area (Å²) in [6.45, 7) is 4.11. The number of urea groups is 1. The Hall–Kier alpha value is -2.77. The van der Waals surface area contributed by atoms with Crippen LogP contribution in [0, 0.1) is 0 Å². The van der Waals surface area contributed by atoms with E-state index in [0.29, 0.717) is 6.42 Å². The van der Waals surface area contributed by atoms with E-state index in [1.54, 1.807) is 6.92 Å². The van der Waals surface area contributed by atoms with Gasteiger partial charge in [-0.1, -0.05) is 6.07 Å². The van der Waals surface area contributed by atoms with Crippen LogP contribution in [0.25, 0.3) is 0 Å². The summed E-state index contributed by atoms with van der Waals surface area (Å²) in [4.78, 5) is 36.6. The highest BCUT2D eigenvalue weighted by molar-refractivity contribution is 5.92. The van der Waals surface area contributed by atoms with Gasteiger partial charge in [0.05, 0.1) is 0 Å². The number of rotatable bonds is 9. The lowest BCUT2D eigenvalue weighted by atomic mass is 10.2. The van der Waals surface area contributed by atoms with Crippen molar-refractivity contribution in [3.8, 4) is 0 Å². The maximum Gasteiger partial charge on any atom is 0.315 e. The molecule has 148 valence electrons. The Kier molecular flexibility index (Phi) is 7.91. The first-order valence-electron chi connectivity index (χ1n) is 9.35. The number of carboxylic acid groups (broad SMARTS) is 1. The van der Waals surface area contributed by atoms with Gasteiger partial charge in [0, 0.05) is 49.9 Å². The predicted molar refractivity (Wildman–Crippen MR) is 104 cm³/mol. The largest absolute Gasteiger partial charge is 0.481 e. The fourth-order valence-electron chi connectivity index (χ4n) is 3.01. The van der Waals surface area contributed by atoms with Gasteiger partial charge in [0.15, 0.2) is 0 Å². The van der Waals surface area contributed by atoms with Crippen LogP contribution in [0.3, 0.4) is 0 Å². The van der Waals surface area contributed by atoms with E-state index in [2.05, 4.69) is 20.9 Å². The van der Waals surface area contributed by atoms with Crippen molar-refractivity contribution >= 4 is 29.3 Å². The van der Waals surface area contributed by atoms with E-state index in [1.807, 2.05) is 24.3 Å². The molecule has 0 radical (unpaired) electrons. The third-order valence-electron chi connectivity index (χ3n) is 4.32. The number of nitrogens with one attached hydrogen (secondary N) is 3. The van der Waals surface area contributed by atoms with Crippen molar-refractivity contribution < 1.29 is 19.5 Å². The van der Waals surface area contributed by atoms with Crippen LogP contribution in [0.1, 0.15) is 39.0 Å². The second kappa shape index (κ2) is 10.4. The van der Waals surface area contributed by atoms with Crippen LogP contribution < -0.4 is 20.9 Å². The first-order chi connectivity index (χ1) is 12.9. The molecular formula is C19H28N4O4. The van der Waals surface area contributed by atoms with Gasteiger partial charge in [0.1, 0.15) is 0 Å². The molecular weight excluding hydrogens is 348 g/mol. The molecule has 1 unspecified atom stereocenters. The van der Waals surface area contributed by atoms with E-state index < -0.39 is 12.0 Å². The fraction of sp³-hybridized carbons (Fsp3) is 0.526. The Labute approximate surface area is 159 Å². The molecule has 0 saturated carbocycles. The van der Waals surface area contributed by atoms with Gasteiger partial charge in [0.25, 0.3) is 0 Å². The summed E-state index contributed by atoms with van der Waals surface area (Å²) in [7, 11) is 0. The van der Waals surface area contributed by atoms with Crippen LogP contribution in [-0.2, 0) is 9.59 Å². The molecule has 4 N–H and O–H groups in total. The van der Waals surface area contributed by atoms with Gasteiger partial charge >= 0.3 is 12.0 Å². The predicted octanol–water partition coefficient (Wildman–Crippen LogP) is 2.17. The molecule has 1 aromatic carbocycles. The molecule has 0 aliphatic carbocycles. The van der Waals surface area contributed by atoms with Crippen LogP contribution >= 0.6 is 0 Å². The molecule has 1 saturated heterocycles. The molecule has 0 bridgehead atoms. The highest BCUT2D eigenvalue weighted by Gasteiger charge is 2.14. The molecule has 1 aliphatic heterocycles. The Morgan fingerprint density at radius 3 is 2.67 bits per heavy atom. The lowest BCUT2D eigenvalue weighted by molar-refractivity contribution is -0.137. The summed E-state index contributed by atoms with van der Waals surface area (Å²) >= 11 is 0. The molecule has 3 amide bonds. The van der Waals surface area contributed by atoms with Gasteiger partial charge in [-0.25, -0.2) is 4.79 Å². The summed E-state index contributed by atoms with van der Waals surface area (Å²) in [5.74, 6) is -1.07. The third-order valence-corrected chi connectivity index (χ3v) is 4.32. The Balaban J connectivity index is 1.72. The molecule has 1 heterocycles. The molecule has 2 rings (SSSR count). The Morgan fingerprint density at radius 1 is 1.22 bits per heavy atom.